The Hall–Kier alpha value is -0.643. The molecule has 0 saturated carbocycles. The van der Waals surface area contributed by atoms with Crippen molar-refractivity contribution < 1.29 is 8.85 Å². The quantitative estimate of drug-likeness (QED) is 0.769. The number of hydrogen-bond donors (Lipinski definition) is 0. The van der Waals surface area contributed by atoms with Crippen LogP contribution in [0.2, 0.25) is 0 Å². The summed E-state index contributed by atoms with van der Waals surface area (Å²) in [5, 5.41) is 1.15. The van der Waals surface area contributed by atoms with Gasteiger partial charge in [0, 0.05) is 0 Å². The molecule has 0 spiro atoms. The molecule has 0 fully saturated rings. The van der Waals surface area contributed by atoms with Crippen molar-refractivity contribution in [3.8, 4) is 0 Å². The van der Waals surface area contributed by atoms with Gasteiger partial charge in [0.15, 0.2) is 0 Å². The Morgan fingerprint density at radius 2 is 1.18 bits per heavy atom. The first kappa shape index (κ1) is 14.4. The van der Waals surface area contributed by atoms with E-state index in [1.807, 2.05) is 18.2 Å². The summed E-state index contributed by atoms with van der Waals surface area (Å²) in [4.78, 5) is 0. The van der Waals surface area contributed by atoms with Gasteiger partial charge < -0.3 is 8.85 Å². The second-order valence-electron chi connectivity index (χ2n) is 6.08. The molecule has 0 aliphatic heterocycles. The molecule has 17 heavy (non-hydrogen) atoms. The van der Waals surface area contributed by atoms with Gasteiger partial charge in [0.1, 0.15) is 0 Å². The minimum atomic E-state index is -1.44. The van der Waals surface area contributed by atoms with Crippen LogP contribution in [-0.4, -0.2) is 20.5 Å². The summed E-state index contributed by atoms with van der Waals surface area (Å²) in [6.45, 7) is 12.4. The molecule has 0 amide bonds. The van der Waals surface area contributed by atoms with Gasteiger partial charge >= 0.3 is 9.28 Å². The van der Waals surface area contributed by atoms with Crippen molar-refractivity contribution in [3.63, 3.8) is 0 Å². The topological polar surface area (TPSA) is 18.5 Å². The van der Waals surface area contributed by atoms with E-state index in [0.29, 0.717) is 0 Å². The summed E-state index contributed by atoms with van der Waals surface area (Å²) in [6, 6.07) is 10.2. The van der Waals surface area contributed by atoms with Crippen LogP contribution in [0.1, 0.15) is 41.5 Å². The third-order valence-corrected chi connectivity index (χ3v) is 4.21. The van der Waals surface area contributed by atoms with E-state index in [1.165, 1.54) is 0 Å². The zero-order valence-electron chi connectivity index (χ0n) is 11.7. The van der Waals surface area contributed by atoms with Crippen molar-refractivity contribution in [2.24, 2.45) is 0 Å². The summed E-state index contributed by atoms with van der Waals surface area (Å²) >= 11 is 0. The zero-order chi connectivity index (χ0) is 13.1. The third kappa shape index (κ3) is 6.01. The molecule has 95 valence electrons. The first-order valence-corrected chi connectivity index (χ1v) is 7.29. The van der Waals surface area contributed by atoms with E-state index in [0.717, 1.165) is 5.19 Å². The van der Waals surface area contributed by atoms with Crippen LogP contribution >= 0.6 is 0 Å². The first-order valence-electron chi connectivity index (χ1n) is 5.98. The van der Waals surface area contributed by atoms with Crippen molar-refractivity contribution in [1.82, 2.24) is 0 Å². The highest BCUT2D eigenvalue weighted by atomic mass is 28.3. The van der Waals surface area contributed by atoms with Crippen LogP contribution in [0.25, 0.3) is 0 Å². The highest BCUT2D eigenvalue weighted by Gasteiger charge is 2.29. The summed E-state index contributed by atoms with van der Waals surface area (Å²) in [6.07, 6.45) is 0. The van der Waals surface area contributed by atoms with E-state index in [1.54, 1.807) is 0 Å². The van der Waals surface area contributed by atoms with Crippen molar-refractivity contribution in [3.05, 3.63) is 30.3 Å². The monoisotopic (exact) mass is 251 g/mol. The van der Waals surface area contributed by atoms with Gasteiger partial charge in [-0.05, 0) is 46.7 Å². The van der Waals surface area contributed by atoms with Crippen molar-refractivity contribution in [2.75, 3.05) is 0 Å². The molecule has 0 aliphatic rings. The largest absolute Gasteiger partial charge is 0.424 e. The summed E-state index contributed by atoms with van der Waals surface area (Å²) in [7, 11) is -1.44. The third-order valence-electron chi connectivity index (χ3n) is 1.81. The molecule has 0 unspecified atom stereocenters. The Balaban J connectivity index is 2.87. The van der Waals surface area contributed by atoms with Crippen LogP contribution in [0, 0.1) is 0 Å². The Labute approximate surface area is 107 Å². The van der Waals surface area contributed by atoms with E-state index >= 15 is 0 Å². The molecule has 0 N–H and O–H groups in total. The molecular formula is C14H23O2Si. The minimum absolute atomic E-state index is 0.185. The Bertz CT molecular complexity index is 319. The normalized spacial score (nSPS) is 13.1. The van der Waals surface area contributed by atoms with Gasteiger partial charge in [-0.2, -0.15) is 0 Å². The van der Waals surface area contributed by atoms with Gasteiger partial charge in [-0.3, -0.25) is 0 Å². The fraction of sp³-hybridized carbons (Fsp3) is 0.571. The maximum absolute atomic E-state index is 6.08. The number of rotatable bonds is 3. The van der Waals surface area contributed by atoms with Gasteiger partial charge in [0.2, 0.25) is 0 Å². The zero-order valence-corrected chi connectivity index (χ0v) is 12.7. The van der Waals surface area contributed by atoms with E-state index in [2.05, 4.69) is 53.7 Å². The molecular weight excluding hydrogens is 228 g/mol. The number of hydrogen-bond acceptors (Lipinski definition) is 2. The highest BCUT2D eigenvalue weighted by Crippen LogP contribution is 2.15. The number of benzene rings is 1. The van der Waals surface area contributed by atoms with E-state index in [4.69, 9.17) is 8.85 Å². The molecule has 0 saturated heterocycles. The smallest absolute Gasteiger partial charge is 0.385 e. The lowest BCUT2D eigenvalue weighted by atomic mass is 10.2. The molecule has 1 aromatic carbocycles. The van der Waals surface area contributed by atoms with Crippen molar-refractivity contribution in [2.45, 2.75) is 52.7 Å². The standard InChI is InChI=1S/C14H23O2Si/c1-13(2,3)15-17(16-14(4,5)6)12-10-8-7-9-11-12/h7-11H,1-6H3. The van der Waals surface area contributed by atoms with E-state index < -0.39 is 9.28 Å². The summed E-state index contributed by atoms with van der Waals surface area (Å²) in [5.74, 6) is 0. The second-order valence-corrected chi connectivity index (χ2v) is 7.64. The molecule has 3 heteroatoms. The fourth-order valence-electron chi connectivity index (χ4n) is 1.27. The predicted molar refractivity (Wildman–Crippen MR) is 73.5 cm³/mol. The summed E-state index contributed by atoms with van der Waals surface area (Å²) in [5.41, 5.74) is -0.370. The highest BCUT2D eigenvalue weighted by molar-refractivity contribution is 6.61. The second kappa shape index (κ2) is 5.34. The Morgan fingerprint density at radius 1 is 0.765 bits per heavy atom. The molecule has 1 aromatic rings. The van der Waals surface area contributed by atoms with Gasteiger partial charge in [-0.25, -0.2) is 0 Å². The van der Waals surface area contributed by atoms with Crippen LogP contribution in [0.5, 0.6) is 0 Å². The van der Waals surface area contributed by atoms with Crippen LogP contribution in [0.15, 0.2) is 30.3 Å². The molecule has 0 bridgehead atoms. The fourth-order valence-corrected chi connectivity index (χ4v) is 3.12. The average Bonchev–Trinajstić information content (AvgIpc) is 2.14. The van der Waals surface area contributed by atoms with Crippen LogP contribution in [0.4, 0.5) is 0 Å². The molecule has 0 aromatic heterocycles. The maximum atomic E-state index is 6.08. The van der Waals surface area contributed by atoms with Gasteiger partial charge in [0.25, 0.3) is 0 Å². The van der Waals surface area contributed by atoms with Gasteiger partial charge in [-0.1, -0.05) is 30.3 Å². The van der Waals surface area contributed by atoms with Crippen molar-refractivity contribution >= 4 is 14.5 Å². The predicted octanol–water partition coefficient (Wildman–Crippen LogP) is 3.01. The molecule has 1 rings (SSSR count). The van der Waals surface area contributed by atoms with Gasteiger partial charge in [0.05, 0.1) is 11.2 Å². The van der Waals surface area contributed by atoms with E-state index in [-0.39, 0.29) is 11.2 Å². The Morgan fingerprint density at radius 3 is 1.53 bits per heavy atom. The lowest BCUT2D eigenvalue weighted by Crippen LogP contribution is -2.46. The van der Waals surface area contributed by atoms with Crippen LogP contribution in [-0.2, 0) is 8.85 Å². The van der Waals surface area contributed by atoms with Crippen LogP contribution in [0.3, 0.4) is 0 Å². The first-order chi connectivity index (χ1) is 7.67. The van der Waals surface area contributed by atoms with Gasteiger partial charge in [-0.15, -0.1) is 0 Å². The van der Waals surface area contributed by atoms with Crippen molar-refractivity contribution in [1.29, 1.82) is 0 Å². The maximum Gasteiger partial charge on any atom is 0.424 e. The minimum Gasteiger partial charge on any atom is -0.385 e. The van der Waals surface area contributed by atoms with E-state index in [9.17, 15) is 0 Å². The molecule has 0 heterocycles. The molecule has 0 aliphatic carbocycles. The SMILES string of the molecule is CC(C)(C)O[Si](OC(C)(C)C)c1ccccc1. The molecule has 1 radical (unpaired) electrons. The molecule has 2 nitrogen and oxygen atoms in total. The lowest BCUT2D eigenvalue weighted by Gasteiger charge is -2.30. The lowest BCUT2D eigenvalue weighted by molar-refractivity contribution is 0.0408. The average molecular weight is 251 g/mol. The van der Waals surface area contributed by atoms with Crippen LogP contribution < -0.4 is 5.19 Å². The summed E-state index contributed by atoms with van der Waals surface area (Å²) < 4.78 is 12.2. The molecule has 0 atom stereocenters. The Kier molecular flexibility index (Phi) is 4.53.